The van der Waals surface area contributed by atoms with E-state index in [1.165, 1.54) is 0 Å². The summed E-state index contributed by atoms with van der Waals surface area (Å²) in [6.45, 7) is 11.4. The van der Waals surface area contributed by atoms with Crippen LogP contribution >= 0.6 is 0 Å². The van der Waals surface area contributed by atoms with Crippen LogP contribution in [0.5, 0.6) is 0 Å². The minimum absolute atomic E-state index is 0.145. The molecule has 0 fully saturated rings. The third kappa shape index (κ3) is 7.51. The maximum atomic E-state index is 11.6. The first-order chi connectivity index (χ1) is 6.97. The first kappa shape index (κ1) is 14.6. The molecule has 3 nitrogen and oxygen atoms in total. The molecule has 3 heteroatoms. The molecule has 0 spiro atoms. The monoisotopic (exact) mass is 215 g/mol. The van der Waals surface area contributed by atoms with E-state index in [4.69, 9.17) is 4.74 Å². The normalized spacial score (nSPS) is 13.5. The molecule has 0 rings (SSSR count). The number of carbonyl (C=O) groups excluding carboxylic acids is 1. The van der Waals surface area contributed by atoms with Gasteiger partial charge < -0.3 is 10.1 Å². The highest BCUT2D eigenvalue weighted by Gasteiger charge is 2.17. The van der Waals surface area contributed by atoms with Crippen LogP contribution in [-0.2, 0) is 9.53 Å². The Bertz CT molecular complexity index is 178. The van der Waals surface area contributed by atoms with Crippen molar-refractivity contribution in [3.8, 4) is 0 Å². The summed E-state index contributed by atoms with van der Waals surface area (Å²) in [5, 5.41) is 3.23. The maximum Gasteiger partial charge on any atom is 0.151 e. The van der Waals surface area contributed by atoms with E-state index in [-0.39, 0.29) is 11.8 Å². The molecule has 1 N–H and O–H groups in total. The van der Waals surface area contributed by atoms with Crippen LogP contribution in [0.25, 0.3) is 0 Å². The lowest BCUT2D eigenvalue weighted by Crippen LogP contribution is -2.44. The van der Waals surface area contributed by atoms with Gasteiger partial charge in [0.2, 0.25) is 0 Å². The van der Waals surface area contributed by atoms with Crippen LogP contribution in [-0.4, -0.2) is 31.1 Å². The van der Waals surface area contributed by atoms with Gasteiger partial charge in [-0.15, -0.1) is 0 Å². The lowest BCUT2D eigenvalue weighted by atomic mass is 10.1. The number of hydrogen-bond donors (Lipinski definition) is 1. The third-order valence-corrected chi connectivity index (χ3v) is 2.01. The standard InChI is InChI=1S/C12H25NO2/c1-6-12(14)11(13-10(4)5)8-15-7-9(2)3/h9-11,13H,6-8H2,1-5H3/t11-/m0/s1. The number of nitrogens with one attached hydrogen (secondary N) is 1. The number of rotatable bonds is 8. The Labute approximate surface area is 93.6 Å². The fourth-order valence-corrected chi connectivity index (χ4v) is 1.30. The SMILES string of the molecule is CCC(=O)[C@H](COCC(C)C)NC(C)C. The van der Waals surface area contributed by atoms with Gasteiger partial charge in [-0.2, -0.15) is 0 Å². The zero-order chi connectivity index (χ0) is 11.8. The molecule has 0 aliphatic heterocycles. The highest BCUT2D eigenvalue weighted by molar-refractivity contribution is 5.83. The first-order valence-electron chi connectivity index (χ1n) is 5.83. The van der Waals surface area contributed by atoms with Crippen molar-refractivity contribution in [3.63, 3.8) is 0 Å². The van der Waals surface area contributed by atoms with E-state index in [1.807, 2.05) is 20.8 Å². The molecule has 0 aliphatic rings. The summed E-state index contributed by atoms with van der Waals surface area (Å²) in [6.07, 6.45) is 0.565. The average Bonchev–Trinajstić information content (AvgIpc) is 2.14. The molecule has 0 unspecified atom stereocenters. The number of carbonyl (C=O) groups is 1. The van der Waals surface area contributed by atoms with Gasteiger partial charge in [-0.3, -0.25) is 4.79 Å². The molecular formula is C12H25NO2. The van der Waals surface area contributed by atoms with Crippen LogP contribution in [0.1, 0.15) is 41.0 Å². The molecular weight excluding hydrogens is 190 g/mol. The van der Waals surface area contributed by atoms with Crippen molar-refractivity contribution < 1.29 is 9.53 Å². The van der Waals surface area contributed by atoms with Crippen molar-refractivity contribution in [1.82, 2.24) is 5.32 Å². The van der Waals surface area contributed by atoms with Crippen molar-refractivity contribution in [2.75, 3.05) is 13.2 Å². The van der Waals surface area contributed by atoms with Gasteiger partial charge in [-0.1, -0.05) is 34.6 Å². The zero-order valence-corrected chi connectivity index (χ0v) is 10.7. The molecule has 0 saturated heterocycles. The Balaban J connectivity index is 3.96. The largest absolute Gasteiger partial charge is 0.379 e. The Kier molecular flexibility index (Phi) is 7.61. The van der Waals surface area contributed by atoms with Gasteiger partial charge in [0.15, 0.2) is 5.78 Å². The third-order valence-electron chi connectivity index (χ3n) is 2.01. The minimum atomic E-state index is -0.145. The predicted molar refractivity (Wildman–Crippen MR) is 63.0 cm³/mol. The lowest BCUT2D eigenvalue weighted by molar-refractivity contribution is -0.122. The molecule has 90 valence electrons. The van der Waals surface area contributed by atoms with Crippen molar-refractivity contribution in [2.24, 2.45) is 5.92 Å². The zero-order valence-electron chi connectivity index (χ0n) is 10.7. The lowest BCUT2D eigenvalue weighted by Gasteiger charge is -2.20. The molecule has 0 radical (unpaired) electrons. The van der Waals surface area contributed by atoms with Gasteiger partial charge in [0.1, 0.15) is 0 Å². The fraction of sp³-hybridized carbons (Fsp3) is 0.917. The van der Waals surface area contributed by atoms with Crippen molar-refractivity contribution in [2.45, 2.75) is 53.1 Å². The molecule has 0 aromatic heterocycles. The van der Waals surface area contributed by atoms with E-state index < -0.39 is 0 Å². The van der Waals surface area contributed by atoms with Crippen LogP contribution in [0, 0.1) is 5.92 Å². The Hall–Kier alpha value is -0.410. The summed E-state index contributed by atoms with van der Waals surface area (Å²) in [7, 11) is 0. The van der Waals surface area contributed by atoms with Gasteiger partial charge in [0.05, 0.1) is 12.6 Å². The van der Waals surface area contributed by atoms with E-state index in [0.29, 0.717) is 31.6 Å². The number of Topliss-reactive ketones (excluding diaryl/α,β-unsaturated/α-hetero) is 1. The summed E-state index contributed by atoms with van der Waals surface area (Å²) < 4.78 is 5.50. The summed E-state index contributed by atoms with van der Waals surface area (Å²) in [5.41, 5.74) is 0. The minimum Gasteiger partial charge on any atom is -0.379 e. The second-order valence-corrected chi connectivity index (χ2v) is 4.63. The predicted octanol–water partition coefficient (Wildman–Crippen LogP) is 2.00. The molecule has 0 heterocycles. The first-order valence-corrected chi connectivity index (χ1v) is 5.83. The van der Waals surface area contributed by atoms with Crippen molar-refractivity contribution in [1.29, 1.82) is 0 Å². The summed E-state index contributed by atoms with van der Waals surface area (Å²) in [4.78, 5) is 11.6. The molecule has 1 atom stereocenters. The molecule has 0 saturated carbocycles. The van der Waals surface area contributed by atoms with Gasteiger partial charge >= 0.3 is 0 Å². The van der Waals surface area contributed by atoms with E-state index in [0.717, 1.165) is 0 Å². The molecule has 0 aromatic carbocycles. The van der Waals surface area contributed by atoms with Gasteiger partial charge in [0.25, 0.3) is 0 Å². The van der Waals surface area contributed by atoms with Crippen LogP contribution < -0.4 is 5.32 Å². The fourth-order valence-electron chi connectivity index (χ4n) is 1.30. The van der Waals surface area contributed by atoms with Crippen molar-refractivity contribution in [3.05, 3.63) is 0 Å². The van der Waals surface area contributed by atoms with E-state index in [2.05, 4.69) is 19.2 Å². The number of ketones is 1. The van der Waals surface area contributed by atoms with Crippen LogP contribution in [0.3, 0.4) is 0 Å². The quantitative estimate of drug-likeness (QED) is 0.673. The second-order valence-electron chi connectivity index (χ2n) is 4.63. The molecule has 0 amide bonds. The summed E-state index contributed by atoms with van der Waals surface area (Å²) >= 11 is 0. The topological polar surface area (TPSA) is 38.3 Å². The average molecular weight is 215 g/mol. The molecule has 0 bridgehead atoms. The maximum absolute atomic E-state index is 11.6. The van der Waals surface area contributed by atoms with E-state index >= 15 is 0 Å². The highest BCUT2D eigenvalue weighted by atomic mass is 16.5. The number of hydrogen-bond acceptors (Lipinski definition) is 3. The van der Waals surface area contributed by atoms with Gasteiger partial charge in [-0.25, -0.2) is 0 Å². The van der Waals surface area contributed by atoms with Crippen LogP contribution in [0.4, 0.5) is 0 Å². The van der Waals surface area contributed by atoms with Gasteiger partial charge in [-0.05, 0) is 5.92 Å². The molecule has 0 aliphatic carbocycles. The van der Waals surface area contributed by atoms with Crippen molar-refractivity contribution >= 4 is 5.78 Å². The Morgan fingerprint density at radius 2 is 1.80 bits per heavy atom. The summed E-state index contributed by atoms with van der Waals surface area (Å²) in [5.74, 6) is 0.744. The highest BCUT2D eigenvalue weighted by Crippen LogP contribution is 1.98. The van der Waals surface area contributed by atoms with Crippen LogP contribution in [0.2, 0.25) is 0 Å². The number of ether oxygens (including phenoxy) is 1. The van der Waals surface area contributed by atoms with E-state index in [9.17, 15) is 4.79 Å². The van der Waals surface area contributed by atoms with Gasteiger partial charge in [0, 0.05) is 19.1 Å². The van der Waals surface area contributed by atoms with E-state index in [1.54, 1.807) is 0 Å². The Morgan fingerprint density at radius 1 is 1.20 bits per heavy atom. The second kappa shape index (κ2) is 7.83. The van der Waals surface area contributed by atoms with Crippen LogP contribution in [0.15, 0.2) is 0 Å². The molecule has 0 aromatic rings. The molecule has 15 heavy (non-hydrogen) atoms. The summed E-state index contributed by atoms with van der Waals surface area (Å²) in [6, 6.07) is 0.168. The smallest absolute Gasteiger partial charge is 0.151 e. The Morgan fingerprint density at radius 3 is 2.20 bits per heavy atom.